The highest BCUT2D eigenvalue weighted by Gasteiger charge is 2.26. The maximum Gasteiger partial charge on any atom is 0.227 e. The van der Waals surface area contributed by atoms with Crippen LogP contribution in [0.5, 0.6) is 0 Å². The minimum Gasteiger partial charge on any atom is -0.341 e. The van der Waals surface area contributed by atoms with Crippen molar-refractivity contribution in [2.24, 2.45) is 5.41 Å². The summed E-state index contributed by atoms with van der Waals surface area (Å²) in [6, 6.07) is 0. The van der Waals surface area contributed by atoms with Crippen LogP contribution in [0.25, 0.3) is 0 Å². The van der Waals surface area contributed by atoms with Gasteiger partial charge in [-0.25, -0.2) is 0 Å². The fourth-order valence-electron chi connectivity index (χ4n) is 2.14. The molecule has 0 aromatic carbocycles. The van der Waals surface area contributed by atoms with Gasteiger partial charge in [-0.2, -0.15) is 0 Å². The molecule has 114 valence electrons. The molecule has 19 heavy (non-hydrogen) atoms. The quantitative estimate of drug-likeness (QED) is 0.600. The van der Waals surface area contributed by atoms with Crippen LogP contribution in [0.4, 0.5) is 0 Å². The molecular formula is C16H34N2O. The van der Waals surface area contributed by atoms with Gasteiger partial charge >= 0.3 is 0 Å². The summed E-state index contributed by atoms with van der Waals surface area (Å²) in [7, 11) is 0. The van der Waals surface area contributed by atoms with Gasteiger partial charge in [-0.15, -0.1) is 0 Å². The third-order valence-electron chi connectivity index (χ3n) is 3.54. The topological polar surface area (TPSA) is 23.6 Å². The van der Waals surface area contributed by atoms with Gasteiger partial charge in [-0.1, -0.05) is 54.4 Å². The molecule has 0 aliphatic heterocycles. The molecule has 0 radical (unpaired) electrons. The highest BCUT2D eigenvalue weighted by Crippen LogP contribution is 2.18. The van der Waals surface area contributed by atoms with Crippen LogP contribution < -0.4 is 0 Å². The molecule has 0 aliphatic rings. The van der Waals surface area contributed by atoms with E-state index in [4.69, 9.17) is 0 Å². The van der Waals surface area contributed by atoms with Crippen LogP contribution in [0.1, 0.15) is 60.8 Å². The average molecular weight is 270 g/mol. The van der Waals surface area contributed by atoms with Crippen molar-refractivity contribution in [1.29, 1.82) is 0 Å². The standard InChI is InChI=1S/C16H34N2O/c1-7-10-11-12-18(15(19)16(4,5)6)14-13-17(8-2)9-3/h7-14H2,1-6H3. The summed E-state index contributed by atoms with van der Waals surface area (Å²) in [5.74, 6) is 0.288. The van der Waals surface area contributed by atoms with Gasteiger partial charge in [0.2, 0.25) is 5.91 Å². The van der Waals surface area contributed by atoms with Crippen LogP contribution in [0.3, 0.4) is 0 Å². The van der Waals surface area contributed by atoms with E-state index in [1.807, 2.05) is 20.8 Å². The number of carbonyl (C=O) groups excluding carboxylic acids is 1. The summed E-state index contributed by atoms with van der Waals surface area (Å²) < 4.78 is 0. The molecular weight excluding hydrogens is 236 g/mol. The molecule has 0 saturated heterocycles. The molecule has 3 heteroatoms. The van der Waals surface area contributed by atoms with Crippen LogP contribution in [-0.4, -0.2) is 48.4 Å². The second-order valence-corrected chi connectivity index (χ2v) is 6.28. The first kappa shape index (κ1) is 18.4. The molecule has 0 heterocycles. The van der Waals surface area contributed by atoms with E-state index < -0.39 is 0 Å². The highest BCUT2D eigenvalue weighted by atomic mass is 16.2. The van der Waals surface area contributed by atoms with Crippen molar-refractivity contribution in [2.45, 2.75) is 60.8 Å². The first-order chi connectivity index (χ1) is 8.86. The zero-order chi connectivity index (χ0) is 14.9. The van der Waals surface area contributed by atoms with Crippen molar-refractivity contribution in [1.82, 2.24) is 9.80 Å². The number of unbranched alkanes of at least 4 members (excludes halogenated alkanes) is 2. The monoisotopic (exact) mass is 270 g/mol. The first-order valence-electron chi connectivity index (χ1n) is 7.88. The zero-order valence-electron chi connectivity index (χ0n) is 14.0. The minimum atomic E-state index is -0.268. The van der Waals surface area contributed by atoms with E-state index in [0.717, 1.165) is 39.1 Å². The third-order valence-corrected chi connectivity index (χ3v) is 3.54. The fourth-order valence-corrected chi connectivity index (χ4v) is 2.14. The van der Waals surface area contributed by atoms with Crippen LogP contribution in [-0.2, 0) is 4.79 Å². The van der Waals surface area contributed by atoms with Crippen molar-refractivity contribution >= 4 is 5.91 Å². The number of hydrogen-bond acceptors (Lipinski definition) is 2. The van der Waals surface area contributed by atoms with Crippen molar-refractivity contribution in [3.05, 3.63) is 0 Å². The van der Waals surface area contributed by atoms with Crippen LogP contribution in [0, 0.1) is 5.41 Å². The fraction of sp³-hybridized carbons (Fsp3) is 0.938. The number of nitrogens with zero attached hydrogens (tertiary/aromatic N) is 2. The van der Waals surface area contributed by atoms with E-state index in [-0.39, 0.29) is 11.3 Å². The van der Waals surface area contributed by atoms with E-state index in [0.29, 0.717) is 0 Å². The molecule has 0 aliphatic carbocycles. The molecule has 0 bridgehead atoms. The van der Waals surface area contributed by atoms with E-state index in [9.17, 15) is 4.79 Å². The van der Waals surface area contributed by atoms with Gasteiger partial charge in [0, 0.05) is 25.0 Å². The molecule has 0 aromatic heterocycles. The summed E-state index contributed by atoms with van der Waals surface area (Å²) >= 11 is 0. The summed E-state index contributed by atoms with van der Waals surface area (Å²) in [6.07, 6.45) is 3.53. The summed E-state index contributed by atoms with van der Waals surface area (Å²) in [5, 5.41) is 0. The van der Waals surface area contributed by atoms with E-state index in [1.165, 1.54) is 12.8 Å². The number of rotatable bonds is 9. The molecule has 0 fully saturated rings. The number of amides is 1. The van der Waals surface area contributed by atoms with Gasteiger partial charge in [0.25, 0.3) is 0 Å². The lowest BCUT2D eigenvalue weighted by molar-refractivity contribution is -0.139. The predicted octanol–water partition coefficient (Wildman–Crippen LogP) is 3.39. The Labute approximate surface area is 120 Å². The number of hydrogen-bond donors (Lipinski definition) is 0. The average Bonchev–Trinajstić information content (AvgIpc) is 2.36. The van der Waals surface area contributed by atoms with E-state index in [2.05, 4.69) is 30.6 Å². The van der Waals surface area contributed by atoms with Crippen molar-refractivity contribution in [3.63, 3.8) is 0 Å². The second-order valence-electron chi connectivity index (χ2n) is 6.28. The first-order valence-corrected chi connectivity index (χ1v) is 7.88. The Morgan fingerprint density at radius 2 is 1.47 bits per heavy atom. The molecule has 0 saturated carbocycles. The lowest BCUT2D eigenvalue weighted by Gasteiger charge is -2.31. The highest BCUT2D eigenvalue weighted by molar-refractivity contribution is 5.81. The molecule has 3 nitrogen and oxygen atoms in total. The van der Waals surface area contributed by atoms with Gasteiger partial charge < -0.3 is 9.80 Å². The third kappa shape index (κ3) is 7.56. The van der Waals surface area contributed by atoms with Crippen molar-refractivity contribution < 1.29 is 4.79 Å². The SMILES string of the molecule is CCCCCN(CCN(CC)CC)C(=O)C(C)(C)C. The Morgan fingerprint density at radius 1 is 0.895 bits per heavy atom. The number of likely N-dealkylation sites (N-methyl/N-ethyl adjacent to an activating group) is 1. The van der Waals surface area contributed by atoms with Crippen LogP contribution in [0.2, 0.25) is 0 Å². The molecule has 0 spiro atoms. The summed E-state index contributed by atoms with van der Waals surface area (Å²) in [5.41, 5.74) is -0.268. The second kappa shape index (κ2) is 9.35. The van der Waals surface area contributed by atoms with Gasteiger partial charge in [0.05, 0.1) is 0 Å². The van der Waals surface area contributed by atoms with Crippen molar-refractivity contribution in [3.8, 4) is 0 Å². The normalized spacial score (nSPS) is 11.9. The Balaban J connectivity index is 4.45. The Kier molecular flexibility index (Phi) is 9.07. The maximum atomic E-state index is 12.5. The molecule has 0 N–H and O–H groups in total. The molecule has 0 atom stereocenters. The Morgan fingerprint density at radius 3 is 1.89 bits per heavy atom. The van der Waals surface area contributed by atoms with E-state index in [1.54, 1.807) is 0 Å². The zero-order valence-corrected chi connectivity index (χ0v) is 14.0. The maximum absolute atomic E-state index is 12.5. The minimum absolute atomic E-state index is 0.268. The molecule has 0 rings (SSSR count). The largest absolute Gasteiger partial charge is 0.341 e. The summed E-state index contributed by atoms with van der Waals surface area (Å²) in [4.78, 5) is 16.9. The van der Waals surface area contributed by atoms with Gasteiger partial charge in [0.1, 0.15) is 0 Å². The Bertz CT molecular complexity index is 242. The van der Waals surface area contributed by atoms with Gasteiger partial charge in [0.15, 0.2) is 0 Å². The molecule has 0 aromatic rings. The molecule has 0 unspecified atom stereocenters. The Hall–Kier alpha value is -0.570. The lowest BCUT2D eigenvalue weighted by atomic mass is 9.94. The number of carbonyl (C=O) groups is 1. The van der Waals surface area contributed by atoms with Gasteiger partial charge in [-0.05, 0) is 19.5 Å². The van der Waals surface area contributed by atoms with Gasteiger partial charge in [-0.3, -0.25) is 4.79 Å². The van der Waals surface area contributed by atoms with Crippen LogP contribution >= 0.6 is 0 Å². The van der Waals surface area contributed by atoms with Crippen LogP contribution in [0.15, 0.2) is 0 Å². The van der Waals surface area contributed by atoms with Crippen molar-refractivity contribution in [2.75, 3.05) is 32.7 Å². The van der Waals surface area contributed by atoms with E-state index >= 15 is 0 Å². The predicted molar refractivity (Wildman–Crippen MR) is 83.3 cm³/mol. The molecule has 1 amide bonds. The lowest BCUT2D eigenvalue weighted by Crippen LogP contribution is -2.44. The summed E-state index contributed by atoms with van der Waals surface area (Å²) in [6.45, 7) is 17.5. The smallest absolute Gasteiger partial charge is 0.227 e.